The largest absolute Gasteiger partial charge is 0.494 e. The van der Waals surface area contributed by atoms with Gasteiger partial charge in [-0.05, 0) is 30.6 Å². The minimum Gasteiger partial charge on any atom is -0.494 e. The highest BCUT2D eigenvalue weighted by Gasteiger charge is 2.27. The van der Waals surface area contributed by atoms with Gasteiger partial charge in [-0.15, -0.1) is 17.5 Å². The zero-order valence-electron chi connectivity index (χ0n) is 16.5. The topological polar surface area (TPSA) is 80.7 Å². The number of thiazole rings is 1. The normalized spacial score (nSPS) is 14.5. The molecule has 3 aromatic rings. The molecular formula is C18H21Cl2N5O3S2. The summed E-state index contributed by atoms with van der Waals surface area (Å²) >= 11 is 8.86. The van der Waals surface area contributed by atoms with Gasteiger partial charge in [-0.25, -0.2) is 4.98 Å². The molecule has 3 heterocycles. The number of carbonyl (C=O) groups is 1. The molecule has 162 valence electrons. The fraction of sp³-hybridized carbons (Fsp3) is 0.444. The second kappa shape index (κ2) is 10.2. The van der Waals surface area contributed by atoms with E-state index in [0.717, 1.165) is 35.9 Å². The summed E-state index contributed by atoms with van der Waals surface area (Å²) in [6.07, 6.45) is 0. The van der Waals surface area contributed by atoms with Crippen molar-refractivity contribution in [1.82, 2.24) is 19.5 Å². The van der Waals surface area contributed by atoms with Crippen LogP contribution in [0.25, 0.3) is 10.2 Å². The SMILES string of the molecule is COc1ccc(Cl)c2sc(N(CCN3CCOCC3)C(=O)c3snnc3C)nc12.Cl. The summed E-state index contributed by atoms with van der Waals surface area (Å²) in [7, 11) is 1.59. The van der Waals surface area contributed by atoms with E-state index >= 15 is 0 Å². The number of morpholine rings is 1. The number of aryl methyl sites for hydroxylation is 1. The molecule has 0 bridgehead atoms. The van der Waals surface area contributed by atoms with Gasteiger partial charge in [0.05, 0.1) is 35.7 Å². The molecule has 8 nitrogen and oxygen atoms in total. The van der Waals surface area contributed by atoms with Gasteiger partial charge < -0.3 is 9.47 Å². The molecule has 1 amide bonds. The summed E-state index contributed by atoms with van der Waals surface area (Å²) in [4.78, 5) is 22.5. The van der Waals surface area contributed by atoms with Crippen molar-refractivity contribution in [3.63, 3.8) is 0 Å². The second-order valence-electron chi connectivity index (χ2n) is 6.52. The highest BCUT2D eigenvalue weighted by atomic mass is 35.5. The fourth-order valence-corrected chi connectivity index (χ4v) is 5.01. The highest BCUT2D eigenvalue weighted by molar-refractivity contribution is 7.23. The van der Waals surface area contributed by atoms with E-state index in [4.69, 9.17) is 26.1 Å². The van der Waals surface area contributed by atoms with Crippen molar-refractivity contribution < 1.29 is 14.3 Å². The van der Waals surface area contributed by atoms with Crippen LogP contribution in [-0.2, 0) is 4.74 Å². The molecule has 1 aliphatic heterocycles. The number of ether oxygens (including phenoxy) is 2. The molecule has 12 heteroatoms. The molecule has 2 aromatic heterocycles. The zero-order chi connectivity index (χ0) is 20.4. The minimum absolute atomic E-state index is 0. The van der Waals surface area contributed by atoms with Crippen molar-refractivity contribution in [2.45, 2.75) is 6.92 Å². The number of halogens is 2. The standard InChI is InChI=1S/C18H20ClN5O3S2.ClH/c1-11-15(29-22-21-11)17(25)24(6-5-23-7-9-27-10-8-23)18-20-14-13(26-2)4-3-12(19)16(14)28-18;/h3-4H,5-10H2,1-2H3;1H. The molecule has 0 unspecified atom stereocenters. The van der Waals surface area contributed by atoms with E-state index in [-0.39, 0.29) is 18.3 Å². The number of aromatic nitrogens is 3. The number of rotatable bonds is 6. The Labute approximate surface area is 193 Å². The number of nitrogens with zero attached hydrogens (tertiary/aromatic N) is 5. The number of hydrogen-bond acceptors (Lipinski definition) is 9. The van der Waals surface area contributed by atoms with Gasteiger partial charge in [-0.1, -0.05) is 27.4 Å². The molecule has 1 aromatic carbocycles. The van der Waals surface area contributed by atoms with Gasteiger partial charge in [0.15, 0.2) is 5.13 Å². The number of fused-ring (bicyclic) bond motifs is 1. The van der Waals surface area contributed by atoms with E-state index in [1.54, 1.807) is 31.1 Å². The third kappa shape index (κ3) is 4.68. The summed E-state index contributed by atoms with van der Waals surface area (Å²) in [6.45, 7) is 6.12. The fourth-order valence-electron chi connectivity index (χ4n) is 3.12. The third-order valence-corrected chi connectivity index (χ3v) is 7.09. The van der Waals surface area contributed by atoms with Crippen molar-refractivity contribution in [3.05, 3.63) is 27.7 Å². The van der Waals surface area contributed by atoms with E-state index in [9.17, 15) is 4.79 Å². The quantitative estimate of drug-likeness (QED) is 0.523. The molecule has 0 aliphatic carbocycles. The summed E-state index contributed by atoms with van der Waals surface area (Å²) in [5.41, 5.74) is 1.27. The van der Waals surface area contributed by atoms with E-state index in [0.29, 0.717) is 51.7 Å². The monoisotopic (exact) mass is 489 g/mol. The Morgan fingerprint density at radius 2 is 2.13 bits per heavy atom. The van der Waals surface area contributed by atoms with Gasteiger partial charge in [0.2, 0.25) is 0 Å². The molecule has 1 saturated heterocycles. The lowest BCUT2D eigenvalue weighted by Gasteiger charge is -2.29. The van der Waals surface area contributed by atoms with Gasteiger partial charge in [0.1, 0.15) is 16.1 Å². The average Bonchev–Trinajstić information content (AvgIpc) is 3.36. The summed E-state index contributed by atoms with van der Waals surface area (Å²) < 4.78 is 15.5. The number of hydrogen-bond donors (Lipinski definition) is 0. The molecule has 1 aliphatic rings. The predicted octanol–water partition coefficient (Wildman–Crippen LogP) is 3.52. The third-order valence-electron chi connectivity index (χ3n) is 4.73. The van der Waals surface area contributed by atoms with E-state index < -0.39 is 0 Å². The lowest BCUT2D eigenvalue weighted by molar-refractivity contribution is 0.0391. The Balaban J connectivity index is 0.00000256. The van der Waals surface area contributed by atoms with Crippen LogP contribution in [-0.4, -0.2) is 71.9 Å². The summed E-state index contributed by atoms with van der Waals surface area (Å²) in [5.74, 6) is 0.475. The second-order valence-corrected chi connectivity index (χ2v) is 8.66. The molecule has 0 radical (unpaired) electrons. The Bertz CT molecular complexity index is 1020. The Morgan fingerprint density at radius 1 is 1.37 bits per heavy atom. The molecule has 4 rings (SSSR count). The molecule has 0 atom stereocenters. The number of amides is 1. The van der Waals surface area contributed by atoms with Crippen LogP contribution in [0, 0.1) is 6.92 Å². The van der Waals surface area contributed by atoms with Crippen molar-refractivity contribution >= 4 is 68.1 Å². The first-order chi connectivity index (χ1) is 14.1. The average molecular weight is 490 g/mol. The maximum atomic E-state index is 13.3. The molecule has 0 N–H and O–H groups in total. The number of methoxy groups -OCH3 is 1. The van der Waals surface area contributed by atoms with Crippen LogP contribution in [0.4, 0.5) is 5.13 Å². The van der Waals surface area contributed by atoms with Crippen LogP contribution >= 0.6 is 46.9 Å². The van der Waals surface area contributed by atoms with Crippen LogP contribution in [0.15, 0.2) is 12.1 Å². The Morgan fingerprint density at radius 3 is 2.80 bits per heavy atom. The number of benzene rings is 1. The minimum atomic E-state index is -0.153. The first-order valence-electron chi connectivity index (χ1n) is 9.12. The maximum absolute atomic E-state index is 13.3. The van der Waals surface area contributed by atoms with Gasteiger partial charge >= 0.3 is 0 Å². The Kier molecular flexibility index (Phi) is 7.83. The summed E-state index contributed by atoms with van der Waals surface area (Å²) in [6, 6.07) is 3.56. The van der Waals surface area contributed by atoms with Gasteiger partial charge in [0.25, 0.3) is 5.91 Å². The maximum Gasteiger partial charge on any atom is 0.273 e. The van der Waals surface area contributed by atoms with Crippen molar-refractivity contribution in [1.29, 1.82) is 0 Å². The van der Waals surface area contributed by atoms with Crippen molar-refractivity contribution in [3.8, 4) is 5.75 Å². The number of anilines is 1. The first-order valence-corrected chi connectivity index (χ1v) is 11.1. The Hall–Kier alpha value is -1.56. The van der Waals surface area contributed by atoms with Crippen LogP contribution in [0.1, 0.15) is 15.4 Å². The lowest BCUT2D eigenvalue weighted by Crippen LogP contribution is -2.43. The van der Waals surface area contributed by atoms with Crippen LogP contribution in [0.5, 0.6) is 5.75 Å². The summed E-state index contributed by atoms with van der Waals surface area (Å²) in [5, 5.41) is 5.15. The molecule has 30 heavy (non-hydrogen) atoms. The van der Waals surface area contributed by atoms with Crippen LogP contribution in [0.3, 0.4) is 0 Å². The van der Waals surface area contributed by atoms with E-state index in [2.05, 4.69) is 14.5 Å². The molecule has 0 spiro atoms. The smallest absolute Gasteiger partial charge is 0.273 e. The van der Waals surface area contributed by atoms with Crippen LogP contribution in [0.2, 0.25) is 5.02 Å². The van der Waals surface area contributed by atoms with Gasteiger partial charge in [-0.2, -0.15) is 0 Å². The first kappa shape index (κ1) is 23.1. The predicted molar refractivity (Wildman–Crippen MR) is 122 cm³/mol. The molecular weight excluding hydrogens is 469 g/mol. The number of carbonyl (C=O) groups excluding carboxylic acids is 1. The van der Waals surface area contributed by atoms with Gasteiger partial charge in [-0.3, -0.25) is 14.6 Å². The van der Waals surface area contributed by atoms with E-state index in [1.165, 1.54) is 11.3 Å². The highest BCUT2D eigenvalue weighted by Crippen LogP contribution is 2.39. The molecule has 0 saturated carbocycles. The van der Waals surface area contributed by atoms with Crippen molar-refractivity contribution in [2.24, 2.45) is 0 Å². The zero-order valence-corrected chi connectivity index (χ0v) is 19.7. The van der Waals surface area contributed by atoms with Crippen LogP contribution < -0.4 is 9.64 Å². The van der Waals surface area contributed by atoms with E-state index in [1.807, 2.05) is 0 Å². The molecule has 1 fully saturated rings. The van der Waals surface area contributed by atoms with Crippen molar-refractivity contribution in [2.75, 3.05) is 51.4 Å². The van der Waals surface area contributed by atoms with Gasteiger partial charge in [0, 0.05) is 26.2 Å². The lowest BCUT2D eigenvalue weighted by atomic mass is 10.3.